The van der Waals surface area contributed by atoms with Crippen molar-refractivity contribution < 1.29 is 22.4 Å². The van der Waals surface area contributed by atoms with Gasteiger partial charge in [0.15, 0.2) is 0 Å². The second-order valence-corrected chi connectivity index (χ2v) is 4.19. The zero-order chi connectivity index (χ0) is 13.1. The van der Waals surface area contributed by atoms with Crippen molar-refractivity contribution in [2.24, 2.45) is 4.99 Å². The lowest BCUT2D eigenvalue weighted by Crippen LogP contribution is -2.10. The van der Waals surface area contributed by atoms with Crippen LogP contribution in [0.4, 0.5) is 23.2 Å². The normalized spacial score (nSPS) is 11.1. The second kappa shape index (κ2) is 5.33. The molecule has 0 saturated carbocycles. The zero-order valence-electron chi connectivity index (χ0n) is 8.64. The van der Waals surface area contributed by atoms with Crippen molar-refractivity contribution in [1.29, 1.82) is 0 Å². The molecule has 0 heterocycles. The molecule has 0 N–H and O–H groups in total. The average Bonchev–Trinajstić information content (AvgIpc) is 2.19. The van der Waals surface area contributed by atoms with E-state index in [4.69, 9.17) is 0 Å². The summed E-state index contributed by atoms with van der Waals surface area (Å²) in [4.78, 5) is 13.3. The van der Waals surface area contributed by atoms with Gasteiger partial charge in [-0.2, -0.15) is 18.2 Å². The van der Waals surface area contributed by atoms with Crippen molar-refractivity contribution in [2.75, 3.05) is 5.75 Å². The Bertz CT molecular complexity index is 466. The molecule has 92 valence electrons. The SMILES string of the molecule is Cc1cc(F)c(N=C=O)cc1SCC(F)(F)F. The third-order valence-electron chi connectivity index (χ3n) is 1.80. The summed E-state index contributed by atoms with van der Waals surface area (Å²) in [5.41, 5.74) is 0.0527. The van der Waals surface area contributed by atoms with Gasteiger partial charge < -0.3 is 0 Å². The fourth-order valence-electron chi connectivity index (χ4n) is 1.09. The molecule has 7 heteroatoms. The second-order valence-electron chi connectivity index (χ2n) is 3.18. The minimum absolute atomic E-state index is 0.234. The maximum atomic E-state index is 13.2. The summed E-state index contributed by atoms with van der Waals surface area (Å²) in [6, 6.07) is 2.14. The summed E-state index contributed by atoms with van der Waals surface area (Å²) < 4.78 is 49.2. The third kappa shape index (κ3) is 4.20. The number of aliphatic imine (C=N–C) groups is 1. The topological polar surface area (TPSA) is 29.4 Å². The van der Waals surface area contributed by atoms with Gasteiger partial charge in [-0.25, -0.2) is 9.18 Å². The Kier molecular flexibility index (Phi) is 4.31. The molecule has 0 atom stereocenters. The number of halogens is 4. The first-order valence-electron chi connectivity index (χ1n) is 4.41. The Labute approximate surface area is 98.7 Å². The summed E-state index contributed by atoms with van der Waals surface area (Å²) in [5, 5.41) is 0. The number of nitrogens with zero attached hydrogens (tertiary/aromatic N) is 1. The minimum Gasteiger partial charge on any atom is -0.211 e. The van der Waals surface area contributed by atoms with Crippen LogP contribution in [0.1, 0.15) is 5.56 Å². The fraction of sp³-hybridized carbons (Fsp3) is 0.300. The molecule has 0 unspecified atom stereocenters. The molecule has 0 radical (unpaired) electrons. The van der Waals surface area contributed by atoms with Crippen LogP contribution in [-0.4, -0.2) is 18.0 Å². The highest BCUT2D eigenvalue weighted by atomic mass is 32.2. The van der Waals surface area contributed by atoms with Crippen LogP contribution in [0.2, 0.25) is 0 Å². The summed E-state index contributed by atoms with van der Waals surface area (Å²) in [5.74, 6) is -1.84. The van der Waals surface area contributed by atoms with Gasteiger partial charge in [0.2, 0.25) is 6.08 Å². The van der Waals surface area contributed by atoms with Gasteiger partial charge in [0, 0.05) is 4.90 Å². The molecule has 0 aliphatic carbocycles. The van der Waals surface area contributed by atoms with Crippen molar-refractivity contribution in [3.63, 3.8) is 0 Å². The molecule has 0 aliphatic rings. The summed E-state index contributed by atoms with van der Waals surface area (Å²) in [7, 11) is 0. The van der Waals surface area contributed by atoms with Crippen LogP contribution in [0.25, 0.3) is 0 Å². The number of isocyanates is 1. The Hall–Kier alpha value is -1.33. The maximum absolute atomic E-state index is 13.2. The van der Waals surface area contributed by atoms with Gasteiger partial charge in [-0.15, -0.1) is 11.8 Å². The summed E-state index contributed by atoms with van der Waals surface area (Å²) >= 11 is 0.521. The van der Waals surface area contributed by atoms with Crippen LogP contribution in [0.5, 0.6) is 0 Å². The van der Waals surface area contributed by atoms with Crippen molar-refractivity contribution in [3.05, 3.63) is 23.5 Å². The van der Waals surface area contributed by atoms with Gasteiger partial charge in [-0.3, -0.25) is 0 Å². The number of aryl methyl sites for hydroxylation is 1. The van der Waals surface area contributed by atoms with Gasteiger partial charge >= 0.3 is 6.18 Å². The highest BCUT2D eigenvalue weighted by Gasteiger charge is 2.27. The molecule has 2 nitrogen and oxygen atoms in total. The van der Waals surface area contributed by atoms with Crippen molar-refractivity contribution >= 4 is 23.5 Å². The number of hydrogen-bond acceptors (Lipinski definition) is 3. The summed E-state index contributed by atoms with van der Waals surface area (Å²) in [6.45, 7) is 1.48. The molecule has 0 amide bonds. The van der Waals surface area contributed by atoms with Gasteiger partial charge in [0.1, 0.15) is 11.5 Å². The summed E-state index contributed by atoms with van der Waals surface area (Å²) in [6.07, 6.45) is -3.16. The zero-order valence-corrected chi connectivity index (χ0v) is 9.45. The van der Waals surface area contributed by atoms with E-state index in [-0.39, 0.29) is 10.6 Å². The van der Waals surface area contributed by atoms with Gasteiger partial charge in [-0.1, -0.05) is 0 Å². The highest BCUT2D eigenvalue weighted by Crippen LogP contribution is 2.33. The number of thioether (sulfide) groups is 1. The van der Waals surface area contributed by atoms with E-state index in [1.807, 2.05) is 0 Å². The van der Waals surface area contributed by atoms with Gasteiger partial charge in [0.25, 0.3) is 0 Å². The van der Waals surface area contributed by atoms with E-state index >= 15 is 0 Å². The predicted octanol–water partition coefficient (Wildman–Crippen LogP) is 3.76. The van der Waals surface area contributed by atoms with E-state index in [2.05, 4.69) is 4.99 Å². The Morgan fingerprint density at radius 2 is 2.06 bits per heavy atom. The Balaban J connectivity index is 2.99. The third-order valence-corrected chi connectivity index (χ3v) is 3.02. The molecular formula is C10H7F4NOS. The number of carbonyl (C=O) groups excluding carboxylic acids is 1. The molecule has 1 aromatic rings. The van der Waals surface area contributed by atoms with Crippen LogP contribution in [-0.2, 0) is 4.79 Å². The predicted molar refractivity (Wildman–Crippen MR) is 55.7 cm³/mol. The number of rotatable bonds is 3. The lowest BCUT2D eigenvalue weighted by atomic mass is 10.2. The fourth-order valence-corrected chi connectivity index (χ4v) is 1.89. The molecule has 1 rings (SSSR count). The largest absolute Gasteiger partial charge is 0.398 e. The lowest BCUT2D eigenvalue weighted by Gasteiger charge is -2.09. The molecule has 0 aromatic heterocycles. The molecule has 17 heavy (non-hydrogen) atoms. The van der Waals surface area contributed by atoms with Crippen LogP contribution >= 0.6 is 11.8 Å². The monoisotopic (exact) mass is 265 g/mol. The number of hydrogen-bond donors (Lipinski definition) is 0. The Morgan fingerprint density at radius 3 is 2.59 bits per heavy atom. The van der Waals surface area contributed by atoms with E-state index in [1.165, 1.54) is 6.92 Å². The van der Waals surface area contributed by atoms with E-state index in [0.717, 1.165) is 18.2 Å². The molecule has 0 fully saturated rings. The molecule has 0 bridgehead atoms. The molecule has 0 spiro atoms. The molecule has 0 aliphatic heterocycles. The van der Waals surface area contributed by atoms with Crippen molar-refractivity contribution in [1.82, 2.24) is 0 Å². The first kappa shape index (κ1) is 13.7. The van der Waals surface area contributed by atoms with E-state index in [9.17, 15) is 22.4 Å². The van der Waals surface area contributed by atoms with Crippen LogP contribution in [0.15, 0.2) is 22.0 Å². The van der Waals surface area contributed by atoms with Gasteiger partial charge in [-0.05, 0) is 24.6 Å². The average molecular weight is 265 g/mol. The molecule has 1 aromatic carbocycles. The smallest absolute Gasteiger partial charge is 0.211 e. The van der Waals surface area contributed by atoms with E-state index < -0.39 is 17.7 Å². The molecule has 0 saturated heterocycles. The standard InChI is InChI=1S/C10H7F4NOS/c1-6-2-7(11)8(15-5-16)3-9(6)17-4-10(12,13)14/h2-3H,4H2,1H3. The van der Waals surface area contributed by atoms with Gasteiger partial charge in [0.05, 0.1) is 5.75 Å². The first-order valence-corrected chi connectivity index (χ1v) is 5.39. The van der Waals surface area contributed by atoms with Crippen LogP contribution < -0.4 is 0 Å². The highest BCUT2D eigenvalue weighted by molar-refractivity contribution is 7.99. The van der Waals surface area contributed by atoms with Crippen LogP contribution in [0, 0.1) is 12.7 Å². The van der Waals surface area contributed by atoms with E-state index in [0.29, 0.717) is 17.3 Å². The lowest BCUT2D eigenvalue weighted by molar-refractivity contribution is -0.105. The number of benzene rings is 1. The van der Waals surface area contributed by atoms with E-state index in [1.54, 1.807) is 0 Å². The molecular weight excluding hydrogens is 258 g/mol. The quantitative estimate of drug-likeness (QED) is 0.360. The van der Waals surface area contributed by atoms with Crippen molar-refractivity contribution in [3.8, 4) is 0 Å². The first-order chi connectivity index (χ1) is 7.83. The number of alkyl halides is 3. The van der Waals surface area contributed by atoms with Crippen LogP contribution in [0.3, 0.4) is 0 Å². The minimum atomic E-state index is -4.31. The van der Waals surface area contributed by atoms with Crippen molar-refractivity contribution in [2.45, 2.75) is 18.0 Å². The Morgan fingerprint density at radius 1 is 1.41 bits per heavy atom. The maximum Gasteiger partial charge on any atom is 0.398 e.